The molecule has 12 heteroatoms. The van der Waals surface area contributed by atoms with E-state index in [1.807, 2.05) is 110 Å². The summed E-state index contributed by atoms with van der Waals surface area (Å²) in [5, 5.41) is 0. The van der Waals surface area contributed by atoms with Gasteiger partial charge in [-0.2, -0.15) is 0 Å². The second-order valence-electron chi connectivity index (χ2n) is 9.36. The van der Waals surface area contributed by atoms with E-state index < -0.39 is 0 Å². The largest absolute Gasteiger partial charge is 0.349 e. The van der Waals surface area contributed by atoms with Crippen LogP contribution in [0.5, 0.6) is 0 Å². The lowest BCUT2D eigenvalue weighted by Crippen LogP contribution is -1.86. The second-order valence-corrected chi connectivity index (χ2v) is 9.36. The number of H-pyrrole nitrogens is 4. The van der Waals surface area contributed by atoms with Gasteiger partial charge in [-0.05, 0) is 62.3 Å². The lowest BCUT2D eigenvalue weighted by molar-refractivity contribution is 0.858. The first-order valence-electron chi connectivity index (χ1n) is 13.1. The summed E-state index contributed by atoms with van der Waals surface area (Å²) >= 11 is 0. The number of rotatable bonds is 0. The monoisotopic (exact) mass is 562 g/mol. The Bertz CT molecular complexity index is 1250. The third kappa shape index (κ3) is 16.1. The van der Waals surface area contributed by atoms with E-state index in [-0.39, 0.29) is 0 Å². The molecule has 6 aromatic heterocycles. The molecule has 222 valence electrons. The predicted octanol–water partition coefficient (Wildman–Crippen LogP) is 5.25. The summed E-state index contributed by atoms with van der Waals surface area (Å²) in [7, 11) is 3.93. The van der Waals surface area contributed by atoms with Crippen molar-refractivity contribution in [3.8, 4) is 0 Å². The average molecular weight is 563 g/mol. The van der Waals surface area contributed by atoms with Crippen molar-refractivity contribution in [2.75, 3.05) is 0 Å². The molecule has 6 heterocycles. The fourth-order valence-electron chi connectivity index (χ4n) is 2.84. The van der Waals surface area contributed by atoms with Crippen LogP contribution in [0, 0.1) is 62.3 Å². The third-order valence-corrected chi connectivity index (χ3v) is 5.27. The lowest BCUT2D eigenvalue weighted by atomic mass is 10.4. The van der Waals surface area contributed by atoms with Gasteiger partial charge >= 0.3 is 0 Å². The van der Waals surface area contributed by atoms with Gasteiger partial charge in [0.25, 0.3) is 0 Å². The molecule has 0 aliphatic rings. The van der Waals surface area contributed by atoms with Crippen molar-refractivity contribution in [1.29, 1.82) is 0 Å². The highest BCUT2D eigenvalue weighted by molar-refractivity contribution is 5.04. The van der Waals surface area contributed by atoms with Crippen molar-refractivity contribution >= 4 is 0 Å². The molecule has 0 saturated carbocycles. The Morgan fingerprint density at radius 2 is 1.24 bits per heavy atom. The maximum atomic E-state index is 3.98. The quantitative estimate of drug-likeness (QED) is 0.198. The number of hydrogen-bond donors (Lipinski definition) is 4. The van der Waals surface area contributed by atoms with Gasteiger partial charge in [-0.15, -0.1) is 0 Å². The van der Waals surface area contributed by atoms with E-state index in [1.165, 1.54) is 0 Å². The Hall–Kier alpha value is -4.74. The van der Waals surface area contributed by atoms with Crippen LogP contribution in [0.15, 0.2) is 56.0 Å². The van der Waals surface area contributed by atoms with Crippen LogP contribution in [-0.4, -0.2) is 59.0 Å². The number of aromatic amines is 4. The van der Waals surface area contributed by atoms with Gasteiger partial charge in [-0.3, -0.25) is 0 Å². The van der Waals surface area contributed by atoms with Gasteiger partial charge in [-0.1, -0.05) is 0 Å². The number of nitrogens with zero attached hydrogens (tertiary/aromatic N) is 8. The zero-order chi connectivity index (χ0) is 30.8. The van der Waals surface area contributed by atoms with E-state index in [0.29, 0.717) is 0 Å². The summed E-state index contributed by atoms with van der Waals surface area (Å²) < 4.78 is 3.90. The maximum absolute atomic E-state index is 3.98. The van der Waals surface area contributed by atoms with Crippen LogP contribution >= 0.6 is 0 Å². The summed E-state index contributed by atoms with van der Waals surface area (Å²) in [6.07, 6.45) is 16.3. The van der Waals surface area contributed by atoms with Crippen molar-refractivity contribution in [3.05, 3.63) is 108 Å². The van der Waals surface area contributed by atoms with Gasteiger partial charge in [0.05, 0.1) is 24.0 Å². The molecule has 0 aliphatic carbocycles. The second kappa shape index (κ2) is 18.5. The van der Waals surface area contributed by atoms with E-state index in [0.717, 1.165) is 51.8 Å². The Labute approximate surface area is 243 Å². The molecule has 0 atom stereocenters. The molecule has 0 saturated heterocycles. The summed E-state index contributed by atoms with van der Waals surface area (Å²) in [6.45, 7) is 17.7. The van der Waals surface area contributed by atoms with Crippen molar-refractivity contribution in [2.45, 2.75) is 62.3 Å². The summed E-state index contributed by atoms with van der Waals surface area (Å²) in [5.74, 6) is 3.99. The average Bonchev–Trinajstić information content (AvgIpc) is 3.78. The molecule has 0 amide bonds. The zero-order valence-electron chi connectivity index (χ0n) is 26.3. The van der Waals surface area contributed by atoms with Crippen LogP contribution in [0.4, 0.5) is 0 Å². The molecule has 0 bridgehead atoms. The third-order valence-electron chi connectivity index (χ3n) is 5.27. The minimum absolute atomic E-state index is 0.968. The Kier molecular flexibility index (Phi) is 15.5. The van der Waals surface area contributed by atoms with Crippen LogP contribution in [0.3, 0.4) is 0 Å². The molecule has 6 rings (SSSR count). The molecule has 4 N–H and O–H groups in total. The fraction of sp³-hybridized carbons (Fsp3) is 0.379. The molecule has 41 heavy (non-hydrogen) atoms. The number of imidazole rings is 6. The van der Waals surface area contributed by atoms with Gasteiger partial charge < -0.3 is 29.1 Å². The summed E-state index contributed by atoms with van der Waals surface area (Å²) in [4.78, 5) is 35.6. The molecule has 0 aromatic carbocycles. The topological polar surface area (TPSA) is 150 Å². The van der Waals surface area contributed by atoms with E-state index in [1.54, 1.807) is 31.2 Å². The van der Waals surface area contributed by atoms with Crippen LogP contribution in [0.1, 0.15) is 51.8 Å². The van der Waals surface area contributed by atoms with Gasteiger partial charge in [0, 0.05) is 74.6 Å². The minimum Gasteiger partial charge on any atom is -0.349 e. The standard InChI is InChI=1S/5C5H8N2.C4H6N2/c1-5-3-7(2)4-6-5;1-5-6-3-4-7(5)2;1-4-5(2)7-3-6-4;2*1-4-3-6-5(2)7-4;1-4-5-2-3-6-4/h2*3-4H,1-2H3;3*3H,1-2H3,(H,6,7);2-3H,1H3,(H,5,6). The lowest BCUT2D eigenvalue weighted by Gasteiger charge is -1.87. The predicted molar refractivity (Wildman–Crippen MR) is 163 cm³/mol. The highest BCUT2D eigenvalue weighted by Crippen LogP contribution is 1.94. The van der Waals surface area contributed by atoms with Gasteiger partial charge in [0.2, 0.25) is 0 Å². The molecule has 6 aromatic rings. The minimum atomic E-state index is 0.968. The van der Waals surface area contributed by atoms with Crippen LogP contribution in [0.2, 0.25) is 0 Å². The highest BCUT2D eigenvalue weighted by Gasteiger charge is 1.88. The van der Waals surface area contributed by atoms with Gasteiger partial charge in [0.15, 0.2) is 0 Å². The molecular formula is C29H46N12. The number of hydrogen-bond acceptors (Lipinski definition) is 6. The summed E-state index contributed by atoms with van der Waals surface area (Å²) in [5.41, 5.74) is 5.55. The van der Waals surface area contributed by atoms with E-state index in [9.17, 15) is 0 Å². The molecule has 0 aliphatic heterocycles. The molecule has 0 fully saturated rings. The fourth-order valence-corrected chi connectivity index (χ4v) is 2.84. The Balaban J connectivity index is 0.000000246. The number of nitrogens with one attached hydrogen (secondary N) is 4. The van der Waals surface area contributed by atoms with Gasteiger partial charge in [-0.25, -0.2) is 29.9 Å². The van der Waals surface area contributed by atoms with E-state index >= 15 is 0 Å². The van der Waals surface area contributed by atoms with Crippen LogP contribution in [0.25, 0.3) is 0 Å². The maximum Gasteiger partial charge on any atom is 0.105 e. The van der Waals surface area contributed by atoms with Crippen molar-refractivity contribution in [1.82, 2.24) is 59.0 Å². The Morgan fingerprint density at radius 1 is 0.634 bits per heavy atom. The van der Waals surface area contributed by atoms with Crippen molar-refractivity contribution in [2.24, 2.45) is 14.1 Å². The molecule has 12 nitrogen and oxygen atoms in total. The van der Waals surface area contributed by atoms with Crippen LogP contribution in [-0.2, 0) is 14.1 Å². The zero-order valence-corrected chi connectivity index (χ0v) is 26.3. The SMILES string of the molecule is Cc1cn(C)cn1.Cc1cnc(C)[nH]1.Cc1cnc(C)[nH]1.Cc1nc[nH]c1C.Cc1ncc[nH]1.Cc1nccn1C. The van der Waals surface area contributed by atoms with Crippen molar-refractivity contribution in [3.63, 3.8) is 0 Å². The molecule has 0 unspecified atom stereocenters. The molecule has 0 spiro atoms. The summed E-state index contributed by atoms with van der Waals surface area (Å²) in [6, 6.07) is 0. The normalized spacial score (nSPS) is 9.34. The smallest absolute Gasteiger partial charge is 0.105 e. The van der Waals surface area contributed by atoms with E-state index in [4.69, 9.17) is 0 Å². The van der Waals surface area contributed by atoms with E-state index in [2.05, 4.69) is 49.8 Å². The van der Waals surface area contributed by atoms with Crippen molar-refractivity contribution < 1.29 is 0 Å². The highest BCUT2D eigenvalue weighted by atomic mass is 15.0. The number of aromatic nitrogens is 12. The Morgan fingerprint density at radius 3 is 1.37 bits per heavy atom. The van der Waals surface area contributed by atoms with Crippen LogP contribution < -0.4 is 0 Å². The number of aryl methyl sites for hydroxylation is 11. The first-order valence-corrected chi connectivity index (χ1v) is 13.1. The molecule has 0 radical (unpaired) electrons. The molecular weight excluding hydrogens is 516 g/mol. The first kappa shape index (κ1) is 34.3. The first-order chi connectivity index (χ1) is 19.4. The van der Waals surface area contributed by atoms with Gasteiger partial charge in [0.1, 0.15) is 23.3 Å².